The molecule has 0 saturated heterocycles. The molecule has 0 aliphatic rings. The molecule has 0 heterocycles. The lowest BCUT2D eigenvalue weighted by Gasteiger charge is -2.31. The fourth-order valence-electron chi connectivity index (χ4n) is 1.29. The second kappa shape index (κ2) is 4.98. The highest BCUT2D eigenvalue weighted by molar-refractivity contribution is 4.76. The molecule has 0 fully saturated rings. The minimum Gasteiger partial charge on any atom is -0.396 e. The lowest BCUT2D eigenvalue weighted by molar-refractivity contribution is -0.146. The third-order valence-corrected chi connectivity index (χ3v) is 2.34. The lowest BCUT2D eigenvalue weighted by atomic mass is 9.88. The van der Waals surface area contributed by atoms with Crippen molar-refractivity contribution in [1.29, 1.82) is 0 Å². The van der Waals surface area contributed by atoms with Gasteiger partial charge in [0.2, 0.25) is 0 Å². The van der Waals surface area contributed by atoms with Crippen LogP contribution in [0.25, 0.3) is 0 Å². The van der Waals surface area contributed by atoms with Crippen LogP contribution in [0.3, 0.4) is 0 Å². The minimum absolute atomic E-state index is 0.0916. The van der Waals surface area contributed by atoms with Gasteiger partial charge in [0.1, 0.15) is 0 Å². The molecule has 1 unspecified atom stereocenters. The Labute approximate surface area is 82.7 Å². The van der Waals surface area contributed by atoms with E-state index >= 15 is 0 Å². The summed E-state index contributed by atoms with van der Waals surface area (Å²) in [6.07, 6.45) is -3.51. The van der Waals surface area contributed by atoms with Gasteiger partial charge in [0.25, 0.3) is 0 Å². The predicted octanol–water partition coefficient (Wildman–Crippen LogP) is 1.89. The predicted molar refractivity (Wildman–Crippen MR) is 49.0 cm³/mol. The fourth-order valence-corrected chi connectivity index (χ4v) is 1.29. The van der Waals surface area contributed by atoms with Gasteiger partial charge < -0.3 is 5.11 Å². The van der Waals surface area contributed by atoms with Crippen molar-refractivity contribution in [1.82, 2.24) is 4.90 Å². The van der Waals surface area contributed by atoms with Crippen molar-refractivity contribution >= 4 is 0 Å². The summed E-state index contributed by atoms with van der Waals surface area (Å²) in [4.78, 5) is 1.19. The van der Waals surface area contributed by atoms with Crippen LogP contribution in [0.2, 0.25) is 0 Å². The van der Waals surface area contributed by atoms with Gasteiger partial charge in [0.15, 0.2) is 0 Å². The van der Waals surface area contributed by atoms with Gasteiger partial charge in [-0.2, -0.15) is 13.2 Å². The van der Waals surface area contributed by atoms with Crippen LogP contribution < -0.4 is 0 Å². The van der Waals surface area contributed by atoms with Crippen molar-refractivity contribution in [3.8, 4) is 0 Å². The molecule has 86 valence electrons. The lowest BCUT2D eigenvalue weighted by Crippen LogP contribution is -2.40. The molecule has 0 aliphatic heterocycles. The molecule has 0 radical (unpaired) electrons. The molecule has 1 N–H and O–H groups in total. The standard InChI is InChI=1S/C9H18F3NO/c1-4-8(2,7-14)5-13(3)6-9(10,11)12/h14H,4-7H2,1-3H3. The number of aliphatic hydroxyl groups excluding tert-OH is 1. The van der Waals surface area contributed by atoms with Crippen molar-refractivity contribution in [2.24, 2.45) is 5.41 Å². The molecule has 5 heteroatoms. The van der Waals surface area contributed by atoms with Crippen LogP contribution in [-0.2, 0) is 0 Å². The van der Waals surface area contributed by atoms with E-state index in [2.05, 4.69) is 0 Å². The SMILES string of the molecule is CCC(C)(CO)CN(C)CC(F)(F)F. The summed E-state index contributed by atoms with van der Waals surface area (Å²) in [5, 5.41) is 9.02. The molecular formula is C9H18F3NO. The minimum atomic E-state index is -4.17. The van der Waals surface area contributed by atoms with Gasteiger partial charge in [0.05, 0.1) is 6.54 Å². The second-order valence-electron chi connectivity index (χ2n) is 4.11. The molecule has 0 aromatic heterocycles. The summed E-state index contributed by atoms with van der Waals surface area (Å²) in [7, 11) is 1.41. The number of alkyl halides is 3. The highest BCUT2D eigenvalue weighted by Crippen LogP contribution is 2.23. The number of hydrogen-bond acceptors (Lipinski definition) is 2. The van der Waals surface area contributed by atoms with Gasteiger partial charge in [-0.3, -0.25) is 4.90 Å². The summed E-state index contributed by atoms with van der Waals surface area (Å²) in [5.74, 6) is 0. The average molecular weight is 213 g/mol. The van der Waals surface area contributed by atoms with Crippen LogP contribution in [0.15, 0.2) is 0 Å². The molecule has 0 saturated carbocycles. The maximum absolute atomic E-state index is 12.0. The zero-order chi connectivity index (χ0) is 11.4. The first-order chi connectivity index (χ1) is 6.22. The molecule has 0 aliphatic carbocycles. The van der Waals surface area contributed by atoms with Crippen molar-refractivity contribution in [3.63, 3.8) is 0 Å². The summed E-state index contributed by atoms with van der Waals surface area (Å²) in [6.45, 7) is 2.87. The zero-order valence-electron chi connectivity index (χ0n) is 8.86. The van der Waals surface area contributed by atoms with Crippen molar-refractivity contribution < 1.29 is 18.3 Å². The van der Waals surface area contributed by atoms with E-state index in [1.54, 1.807) is 6.92 Å². The van der Waals surface area contributed by atoms with Gasteiger partial charge in [-0.15, -0.1) is 0 Å². The number of aliphatic hydroxyl groups is 1. The average Bonchev–Trinajstić information content (AvgIpc) is 2.00. The normalized spacial score (nSPS) is 17.1. The fraction of sp³-hybridized carbons (Fsp3) is 1.00. The second-order valence-corrected chi connectivity index (χ2v) is 4.11. The monoisotopic (exact) mass is 213 g/mol. The van der Waals surface area contributed by atoms with Gasteiger partial charge >= 0.3 is 6.18 Å². The van der Waals surface area contributed by atoms with E-state index < -0.39 is 18.1 Å². The number of nitrogens with zero attached hydrogens (tertiary/aromatic N) is 1. The Balaban J connectivity index is 4.10. The zero-order valence-corrected chi connectivity index (χ0v) is 8.86. The summed E-state index contributed by atoms with van der Waals surface area (Å²) >= 11 is 0. The maximum Gasteiger partial charge on any atom is 0.401 e. The Morgan fingerprint density at radius 1 is 1.21 bits per heavy atom. The van der Waals surface area contributed by atoms with E-state index in [1.807, 2.05) is 6.92 Å². The molecule has 0 aromatic rings. The third-order valence-electron chi connectivity index (χ3n) is 2.34. The van der Waals surface area contributed by atoms with E-state index in [4.69, 9.17) is 5.11 Å². The van der Waals surface area contributed by atoms with E-state index in [0.717, 1.165) is 0 Å². The Bertz CT molecular complexity index is 166. The van der Waals surface area contributed by atoms with E-state index in [1.165, 1.54) is 11.9 Å². The van der Waals surface area contributed by atoms with Gasteiger partial charge in [-0.05, 0) is 13.5 Å². The molecule has 0 amide bonds. The van der Waals surface area contributed by atoms with Crippen molar-refractivity contribution in [2.45, 2.75) is 26.4 Å². The molecule has 1 atom stereocenters. The quantitative estimate of drug-likeness (QED) is 0.753. The smallest absolute Gasteiger partial charge is 0.396 e. The van der Waals surface area contributed by atoms with Gasteiger partial charge in [-0.1, -0.05) is 13.8 Å². The number of rotatable bonds is 5. The molecule has 0 aromatic carbocycles. The van der Waals surface area contributed by atoms with Crippen LogP contribution in [0.4, 0.5) is 13.2 Å². The van der Waals surface area contributed by atoms with E-state index in [0.29, 0.717) is 6.42 Å². The number of halogens is 3. The Hall–Kier alpha value is -0.290. The van der Waals surface area contributed by atoms with Crippen molar-refractivity contribution in [3.05, 3.63) is 0 Å². The molecule has 0 bridgehead atoms. The maximum atomic E-state index is 12.0. The Kier molecular flexibility index (Phi) is 4.88. The van der Waals surface area contributed by atoms with Gasteiger partial charge in [-0.25, -0.2) is 0 Å². The highest BCUT2D eigenvalue weighted by atomic mass is 19.4. The first kappa shape index (κ1) is 13.7. The third kappa shape index (κ3) is 5.44. The topological polar surface area (TPSA) is 23.5 Å². The first-order valence-electron chi connectivity index (χ1n) is 4.58. The van der Waals surface area contributed by atoms with E-state index in [9.17, 15) is 13.2 Å². The highest BCUT2D eigenvalue weighted by Gasteiger charge is 2.32. The van der Waals surface area contributed by atoms with Crippen LogP contribution in [0, 0.1) is 5.41 Å². The molecule has 2 nitrogen and oxygen atoms in total. The number of hydrogen-bond donors (Lipinski definition) is 1. The largest absolute Gasteiger partial charge is 0.401 e. The molecular weight excluding hydrogens is 195 g/mol. The first-order valence-corrected chi connectivity index (χ1v) is 4.58. The summed E-state index contributed by atoms with van der Waals surface area (Å²) in [5.41, 5.74) is -0.444. The van der Waals surface area contributed by atoms with Crippen molar-refractivity contribution in [2.75, 3.05) is 26.7 Å². The summed E-state index contributed by atoms with van der Waals surface area (Å²) in [6, 6.07) is 0. The molecule has 14 heavy (non-hydrogen) atoms. The molecule has 0 spiro atoms. The Morgan fingerprint density at radius 2 is 1.71 bits per heavy atom. The van der Waals surface area contributed by atoms with E-state index in [-0.39, 0.29) is 13.2 Å². The van der Waals surface area contributed by atoms with Crippen LogP contribution in [0.1, 0.15) is 20.3 Å². The van der Waals surface area contributed by atoms with Gasteiger partial charge in [0, 0.05) is 18.6 Å². The van der Waals surface area contributed by atoms with Crippen LogP contribution in [0.5, 0.6) is 0 Å². The van der Waals surface area contributed by atoms with Crippen LogP contribution in [-0.4, -0.2) is 42.9 Å². The van der Waals surface area contributed by atoms with Crippen LogP contribution >= 0.6 is 0 Å². The Morgan fingerprint density at radius 3 is 2.00 bits per heavy atom. The molecule has 0 rings (SSSR count). The summed E-state index contributed by atoms with van der Waals surface area (Å²) < 4.78 is 36.0.